The van der Waals surface area contributed by atoms with Crippen molar-refractivity contribution >= 4 is 33.8 Å². The van der Waals surface area contributed by atoms with Crippen molar-refractivity contribution in [3.05, 3.63) is 27.2 Å². The van der Waals surface area contributed by atoms with Crippen LogP contribution in [0.2, 0.25) is 0 Å². The number of hydrogen-bond donors (Lipinski definition) is 2. The third-order valence-corrected chi connectivity index (χ3v) is 5.82. The largest absolute Gasteiger partial charge is 0.357 e. The summed E-state index contributed by atoms with van der Waals surface area (Å²) in [6, 6.07) is 0. The Morgan fingerprint density at radius 2 is 2.16 bits per heavy atom. The second kappa shape index (κ2) is 9.15. The maximum absolute atomic E-state index is 4.77. The summed E-state index contributed by atoms with van der Waals surface area (Å²) in [5.74, 6) is 0.838. The van der Waals surface area contributed by atoms with Crippen LogP contribution >= 0.6 is 22.7 Å². The van der Waals surface area contributed by atoms with Crippen LogP contribution in [0, 0.1) is 6.92 Å². The van der Waals surface area contributed by atoms with Gasteiger partial charge in [-0.2, -0.15) is 0 Å². The van der Waals surface area contributed by atoms with Gasteiger partial charge in [-0.3, -0.25) is 0 Å². The highest BCUT2D eigenvalue weighted by Gasteiger charge is 2.15. The number of rotatable bonds is 7. The summed E-state index contributed by atoms with van der Waals surface area (Å²) < 4.78 is 0. The number of nitrogens with zero attached hydrogens (tertiary/aromatic N) is 4. The molecule has 1 saturated heterocycles. The molecule has 1 aliphatic rings. The molecule has 0 bridgehead atoms. The predicted molar refractivity (Wildman–Crippen MR) is 107 cm³/mol. The van der Waals surface area contributed by atoms with Gasteiger partial charge in [0.2, 0.25) is 0 Å². The quantitative estimate of drug-likeness (QED) is 0.573. The van der Waals surface area contributed by atoms with Gasteiger partial charge in [0.15, 0.2) is 11.1 Å². The molecule has 0 radical (unpaired) electrons. The van der Waals surface area contributed by atoms with Gasteiger partial charge in [0.25, 0.3) is 0 Å². The van der Waals surface area contributed by atoms with Crippen LogP contribution in [0.25, 0.3) is 0 Å². The molecule has 2 N–H and O–H groups in total. The molecule has 136 valence electrons. The molecule has 0 aliphatic carbocycles. The predicted octanol–water partition coefficient (Wildman–Crippen LogP) is 2.81. The van der Waals surface area contributed by atoms with Crippen molar-refractivity contribution in [2.75, 3.05) is 31.1 Å². The van der Waals surface area contributed by atoms with E-state index in [9.17, 15) is 0 Å². The van der Waals surface area contributed by atoms with Gasteiger partial charge in [0.1, 0.15) is 5.01 Å². The lowest BCUT2D eigenvalue weighted by molar-refractivity contribution is 0.789. The van der Waals surface area contributed by atoms with E-state index in [2.05, 4.69) is 44.7 Å². The van der Waals surface area contributed by atoms with Crippen LogP contribution in [0.5, 0.6) is 0 Å². The minimum atomic E-state index is 0.615. The highest BCUT2D eigenvalue weighted by molar-refractivity contribution is 7.13. The van der Waals surface area contributed by atoms with Crippen molar-refractivity contribution in [3.63, 3.8) is 0 Å². The highest BCUT2D eigenvalue weighted by Crippen LogP contribution is 2.24. The number of nitrogens with one attached hydrogen (secondary N) is 2. The van der Waals surface area contributed by atoms with Crippen molar-refractivity contribution in [1.82, 2.24) is 20.6 Å². The number of aliphatic imine (C=N–C) groups is 1. The van der Waals surface area contributed by atoms with Gasteiger partial charge >= 0.3 is 0 Å². The van der Waals surface area contributed by atoms with E-state index in [0.29, 0.717) is 6.54 Å². The molecule has 1 fully saturated rings. The molecular weight excluding hydrogens is 352 g/mol. The maximum atomic E-state index is 4.77. The first-order valence-corrected chi connectivity index (χ1v) is 10.6. The molecule has 3 heterocycles. The number of thiazole rings is 2. The number of aryl methyl sites for hydroxylation is 1. The van der Waals surface area contributed by atoms with E-state index in [1.165, 1.54) is 22.9 Å². The molecule has 0 saturated carbocycles. The summed E-state index contributed by atoms with van der Waals surface area (Å²) in [7, 11) is 0. The van der Waals surface area contributed by atoms with Crippen molar-refractivity contribution < 1.29 is 0 Å². The van der Waals surface area contributed by atoms with Gasteiger partial charge < -0.3 is 15.5 Å². The normalized spacial score (nSPS) is 15.0. The number of hydrogen-bond acceptors (Lipinski definition) is 6. The van der Waals surface area contributed by atoms with Crippen LogP contribution in [0.1, 0.15) is 35.3 Å². The fourth-order valence-electron chi connectivity index (χ4n) is 2.74. The summed E-state index contributed by atoms with van der Waals surface area (Å²) in [5.41, 5.74) is 1.16. The minimum Gasteiger partial charge on any atom is -0.357 e. The molecule has 8 heteroatoms. The topological polar surface area (TPSA) is 65.4 Å². The smallest absolute Gasteiger partial charge is 0.191 e. The Morgan fingerprint density at radius 1 is 1.32 bits per heavy atom. The zero-order valence-electron chi connectivity index (χ0n) is 14.9. The van der Waals surface area contributed by atoms with Gasteiger partial charge in [-0.1, -0.05) is 0 Å². The summed E-state index contributed by atoms with van der Waals surface area (Å²) >= 11 is 3.46. The molecule has 0 amide bonds. The first kappa shape index (κ1) is 18.1. The van der Waals surface area contributed by atoms with Crippen LogP contribution < -0.4 is 15.5 Å². The van der Waals surface area contributed by atoms with E-state index in [0.717, 1.165) is 49.3 Å². The molecule has 0 unspecified atom stereocenters. The molecule has 6 nitrogen and oxygen atoms in total. The van der Waals surface area contributed by atoms with Crippen LogP contribution in [0.4, 0.5) is 5.13 Å². The van der Waals surface area contributed by atoms with E-state index in [-0.39, 0.29) is 0 Å². The lowest BCUT2D eigenvalue weighted by atomic mass is 10.3. The lowest BCUT2D eigenvalue weighted by Gasteiger charge is -2.12. The van der Waals surface area contributed by atoms with E-state index < -0.39 is 0 Å². The zero-order chi connectivity index (χ0) is 17.5. The van der Waals surface area contributed by atoms with E-state index in [1.54, 1.807) is 22.7 Å². The number of anilines is 1. The first-order valence-electron chi connectivity index (χ1n) is 8.87. The van der Waals surface area contributed by atoms with Crippen molar-refractivity contribution in [3.8, 4) is 0 Å². The fraction of sp³-hybridized carbons (Fsp3) is 0.588. The summed E-state index contributed by atoms with van der Waals surface area (Å²) in [6.45, 7) is 8.73. The van der Waals surface area contributed by atoms with Gasteiger partial charge in [-0.25, -0.2) is 15.0 Å². The lowest BCUT2D eigenvalue weighted by Crippen LogP contribution is -2.38. The summed E-state index contributed by atoms with van der Waals surface area (Å²) in [4.78, 5) is 17.4. The van der Waals surface area contributed by atoms with Crippen LogP contribution in [0.3, 0.4) is 0 Å². The monoisotopic (exact) mass is 378 g/mol. The first-order chi connectivity index (χ1) is 12.2. The van der Waals surface area contributed by atoms with Gasteiger partial charge in [0, 0.05) is 49.1 Å². The molecule has 3 rings (SSSR count). The van der Waals surface area contributed by atoms with Crippen molar-refractivity contribution in [2.45, 2.75) is 39.7 Å². The fourth-order valence-corrected chi connectivity index (χ4v) is 4.36. The third kappa shape index (κ3) is 5.40. The second-order valence-corrected chi connectivity index (χ2v) is 8.21. The molecule has 0 atom stereocenters. The van der Waals surface area contributed by atoms with Gasteiger partial charge in [-0.15, -0.1) is 22.7 Å². The van der Waals surface area contributed by atoms with E-state index in [4.69, 9.17) is 4.98 Å². The number of guanidine groups is 1. The van der Waals surface area contributed by atoms with Crippen LogP contribution in [-0.2, 0) is 13.0 Å². The van der Waals surface area contributed by atoms with Crippen molar-refractivity contribution in [2.24, 2.45) is 4.99 Å². The van der Waals surface area contributed by atoms with Crippen LogP contribution in [0.15, 0.2) is 16.6 Å². The number of aromatic nitrogens is 2. The minimum absolute atomic E-state index is 0.615. The van der Waals surface area contributed by atoms with E-state index in [1.807, 2.05) is 6.20 Å². The third-order valence-electron chi connectivity index (χ3n) is 3.98. The van der Waals surface area contributed by atoms with Crippen molar-refractivity contribution in [1.29, 1.82) is 0 Å². The average molecular weight is 379 g/mol. The molecule has 2 aromatic heterocycles. The van der Waals surface area contributed by atoms with Gasteiger partial charge in [-0.05, 0) is 26.7 Å². The molecule has 2 aromatic rings. The second-order valence-electron chi connectivity index (χ2n) is 6.05. The molecule has 25 heavy (non-hydrogen) atoms. The molecule has 1 aliphatic heterocycles. The van der Waals surface area contributed by atoms with E-state index >= 15 is 0 Å². The Morgan fingerprint density at radius 3 is 2.88 bits per heavy atom. The SMILES string of the molecule is CCNC(=NCc1ncc(C)s1)NCCc1csc(N2CCCC2)n1. The standard InChI is InChI=1S/C17H26N6S2/c1-3-18-16(21-11-15-20-10-13(2)25-15)19-7-6-14-12-24-17(22-14)23-8-4-5-9-23/h10,12H,3-9,11H2,1-2H3,(H2,18,19,21). The Bertz CT molecular complexity index is 687. The van der Waals surface area contributed by atoms with Gasteiger partial charge in [0.05, 0.1) is 12.2 Å². The summed E-state index contributed by atoms with van der Waals surface area (Å²) in [6.07, 6.45) is 5.39. The Balaban J connectivity index is 1.47. The van der Waals surface area contributed by atoms with Crippen LogP contribution in [-0.4, -0.2) is 42.1 Å². The average Bonchev–Trinajstić information content (AvgIpc) is 3.34. The molecule has 0 spiro atoms. The zero-order valence-corrected chi connectivity index (χ0v) is 16.5. The molecule has 0 aromatic carbocycles. The highest BCUT2D eigenvalue weighted by atomic mass is 32.1. The Kier molecular flexibility index (Phi) is 6.63. The maximum Gasteiger partial charge on any atom is 0.191 e. The Hall–Kier alpha value is -1.67. The Labute approximate surface area is 157 Å². The summed E-state index contributed by atoms with van der Waals surface area (Å²) in [5, 5.41) is 11.1. The molecular formula is C17H26N6S2.